The van der Waals surface area contributed by atoms with E-state index in [9.17, 15) is 14.4 Å². The summed E-state index contributed by atoms with van der Waals surface area (Å²) >= 11 is 2.28. The van der Waals surface area contributed by atoms with E-state index in [4.69, 9.17) is 5.73 Å². The molecule has 0 fully saturated rings. The first-order valence-electron chi connectivity index (χ1n) is 8.36. The van der Waals surface area contributed by atoms with Gasteiger partial charge in [0, 0.05) is 0 Å². The highest BCUT2D eigenvalue weighted by molar-refractivity contribution is 7.99. The van der Waals surface area contributed by atoms with Crippen LogP contribution in [-0.2, 0) is 4.79 Å². The molecule has 4 rings (SSSR count). The number of aromatic amines is 1. The van der Waals surface area contributed by atoms with Crippen LogP contribution in [0.4, 0.5) is 5.00 Å². The van der Waals surface area contributed by atoms with Crippen molar-refractivity contribution in [3.63, 3.8) is 0 Å². The van der Waals surface area contributed by atoms with Crippen molar-refractivity contribution in [3.8, 4) is 5.69 Å². The molecule has 146 valence electrons. The van der Waals surface area contributed by atoms with Crippen LogP contribution in [-0.4, -0.2) is 37.3 Å². The van der Waals surface area contributed by atoms with Crippen molar-refractivity contribution < 1.29 is 9.59 Å². The van der Waals surface area contributed by atoms with Gasteiger partial charge in [0.2, 0.25) is 5.91 Å². The number of nitrogens with zero attached hydrogens (tertiary/aromatic N) is 3. The zero-order valence-electron chi connectivity index (χ0n) is 14.8. The number of aromatic nitrogens is 4. The summed E-state index contributed by atoms with van der Waals surface area (Å²) in [4.78, 5) is 43.0. The number of nitrogens with two attached hydrogens (primary N) is 1. The second-order valence-electron chi connectivity index (χ2n) is 5.86. The fourth-order valence-electron chi connectivity index (χ4n) is 2.62. The summed E-state index contributed by atoms with van der Waals surface area (Å²) in [5.41, 5.74) is 6.36. The molecule has 0 bridgehead atoms. The fourth-order valence-corrected chi connectivity index (χ4v) is 4.09. The van der Waals surface area contributed by atoms with Gasteiger partial charge in [0.05, 0.1) is 23.2 Å². The summed E-state index contributed by atoms with van der Waals surface area (Å²) < 4.78 is 1.57. The first-order chi connectivity index (χ1) is 14.0. The van der Waals surface area contributed by atoms with Crippen LogP contribution in [0.5, 0.6) is 0 Å². The number of amides is 2. The molecule has 3 aromatic heterocycles. The lowest BCUT2D eigenvalue weighted by molar-refractivity contribution is -0.113. The highest BCUT2D eigenvalue weighted by Gasteiger charge is 2.15. The molecular weight excluding hydrogens is 412 g/mol. The normalized spacial score (nSPS) is 10.9. The fraction of sp³-hybridized carbons (Fsp3) is 0.0556. The van der Waals surface area contributed by atoms with Crippen LogP contribution in [0.15, 0.2) is 57.9 Å². The minimum Gasteiger partial charge on any atom is -0.366 e. The van der Waals surface area contributed by atoms with Gasteiger partial charge in [-0.25, -0.2) is 9.67 Å². The number of thiophene rings is 1. The van der Waals surface area contributed by atoms with Crippen LogP contribution in [0.3, 0.4) is 0 Å². The maximum absolute atomic E-state index is 12.4. The number of primary amides is 1. The molecule has 11 heteroatoms. The number of para-hydroxylation sites is 1. The van der Waals surface area contributed by atoms with E-state index in [1.54, 1.807) is 16.1 Å². The number of thioether (sulfide) groups is 1. The summed E-state index contributed by atoms with van der Waals surface area (Å²) in [6, 6.07) is 10.9. The Morgan fingerprint density at radius 2 is 2.03 bits per heavy atom. The lowest BCUT2D eigenvalue weighted by Gasteiger charge is -2.05. The first kappa shape index (κ1) is 18.9. The molecule has 3 heterocycles. The minimum absolute atomic E-state index is 0.00990. The zero-order valence-corrected chi connectivity index (χ0v) is 16.4. The molecule has 0 saturated heterocycles. The third-order valence-corrected chi connectivity index (χ3v) is 5.64. The number of carbonyl (C=O) groups excluding carboxylic acids is 2. The van der Waals surface area contributed by atoms with Gasteiger partial charge < -0.3 is 16.0 Å². The first-order valence-corrected chi connectivity index (χ1v) is 10.2. The van der Waals surface area contributed by atoms with Gasteiger partial charge in [-0.2, -0.15) is 5.10 Å². The van der Waals surface area contributed by atoms with E-state index < -0.39 is 5.91 Å². The van der Waals surface area contributed by atoms with Crippen LogP contribution in [0, 0.1) is 0 Å². The predicted octanol–water partition coefficient (Wildman–Crippen LogP) is 2.00. The predicted molar refractivity (Wildman–Crippen MR) is 112 cm³/mol. The van der Waals surface area contributed by atoms with Gasteiger partial charge in [-0.15, -0.1) is 11.3 Å². The number of hydrogen-bond donors (Lipinski definition) is 3. The van der Waals surface area contributed by atoms with Gasteiger partial charge in [0.1, 0.15) is 10.4 Å². The van der Waals surface area contributed by atoms with Crippen molar-refractivity contribution in [2.75, 3.05) is 11.1 Å². The Kier molecular flexibility index (Phi) is 5.14. The molecule has 29 heavy (non-hydrogen) atoms. The highest BCUT2D eigenvalue weighted by Crippen LogP contribution is 2.23. The van der Waals surface area contributed by atoms with Crippen molar-refractivity contribution in [2.45, 2.75) is 5.16 Å². The van der Waals surface area contributed by atoms with E-state index in [0.29, 0.717) is 16.0 Å². The van der Waals surface area contributed by atoms with Crippen LogP contribution in [0.25, 0.3) is 16.7 Å². The number of benzene rings is 1. The Hall–Kier alpha value is -3.44. The Bertz CT molecular complexity index is 1260. The Morgan fingerprint density at radius 1 is 1.24 bits per heavy atom. The summed E-state index contributed by atoms with van der Waals surface area (Å²) in [5.74, 6) is -0.969. The molecule has 2 amide bonds. The average molecular weight is 426 g/mol. The molecule has 9 nitrogen and oxygen atoms in total. The molecule has 0 aliphatic heterocycles. The topological polar surface area (TPSA) is 136 Å². The lowest BCUT2D eigenvalue weighted by Crippen LogP contribution is -2.18. The average Bonchev–Trinajstić information content (AvgIpc) is 3.34. The second kappa shape index (κ2) is 7.89. The zero-order chi connectivity index (χ0) is 20.4. The highest BCUT2D eigenvalue weighted by atomic mass is 32.2. The molecule has 0 saturated carbocycles. The number of H-pyrrole nitrogens is 1. The summed E-state index contributed by atoms with van der Waals surface area (Å²) in [5, 5.41) is 9.59. The van der Waals surface area contributed by atoms with Crippen LogP contribution in [0.1, 0.15) is 10.4 Å². The van der Waals surface area contributed by atoms with Crippen LogP contribution in [0.2, 0.25) is 0 Å². The Labute approximate surface area is 172 Å². The van der Waals surface area contributed by atoms with Gasteiger partial charge in [-0.05, 0) is 23.6 Å². The number of rotatable bonds is 6. The van der Waals surface area contributed by atoms with E-state index in [0.717, 1.165) is 17.4 Å². The van der Waals surface area contributed by atoms with E-state index in [1.165, 1.54) is 17.5 Å². The summed E-state index contributed by atoms with van der Waals surface area (Å²) in [6.07, 6.45) is 1.46. The molecule has 4 N–H and O–H groups in total. The van der Waals surface area contributed by atoms with Gasteiger partial charge in [0.25, 0.3) is 11.5 Å². The van der Waals surface area contributed by atoms with E-state index in [2.05, 4.69) is 20.4 Å². The van der Waals surface area contributed by atoms with E-state index >= 15 is 0 Å². The van der Waals surface area contributed by atoms with Crippen molar-refractivity contribution in [2.24, 2.45) is 5.73 Å². The molecule has 4 aromatic rings. The summed E-state index contributed by atoms with van der Waals surface area (Å²) in [7, 11) is 0. The monoisotopic (exact) mass is 426 g/mol. The molecule has 0 spiro atoms. The van der Waals surface area contributed by atoms with Gasteiger partial charge in [-0.3, -0.25) is 14.4 Å². The quantitative estimate of drug-likeness (QED) is 0.319. The van der Waals surface area contributed by atoms with Crippen molar-refractivity contribution in [1.82, 2.24) is 19.7 Å². The third kappa shape index (κ3) is 3.91. The Balaban J connectivity index is 1.54. The third-order valence-electron chi connectivity index (χ3n) is 3.94. The van der Waals surface area contributed by atoms with Crippen molar-refractivity contribution in [1.29, 1.82) is 0 Å². The number of fused-ring (bicyclic) bond motifs is 1. The van der Waals surface area contributed by atoms with E-state index in [-0.39, 0.29) is 27.9 Å². The van der Waals surface area contributed by atoms with Gasteiger partial charge in [-0.1, -0.05) is 30.0 Å². The number of carbonyl (C=O) groups is 2. The van der Waals surface area contributed by atoms with Crippen LogP contribution < -0.4 is 16.6 Å². The smallest absolute Gasteiger partial charge is 0.262 e. The number of anilines is 1. The van der Waals surface area contributed by atoms with Crippen molar-refractivity contribution >= 4 is 50.9 Å². The molecule has 0 atom stereocenters. The van der Waals surface area contributed by atoms with Gasteiger partial charge >= 0.3 is 0 Å². The molecular formula is C18H14N6O3S2. The number of nitrogens with one attached hydrogen (secondary N) is 2. The Morgan fingerprint density at radius 3 is 2.79 bits per heavy atom. The minimum atomic E-state index is -0.611. The second-order valence-corrected chi connectivity index (χ2v) is 7.74. The van der Waals surface area contributed by atoms with Gasteiger partial charge in [0.15, 0.2) is 10.8 Å². The molecule has 0 aliphatic rings. The summed E-state index contributed by atoms with van der Waals surface area (Å²) in [6.45, 7) is 0. The lowest BCUT2D eigenvalue weighted by atomic mass is 10.3. The van der Waals surface area contributed by atoms with E-state index in [1.807, 2.05) is 30.3 Å². The van der Waals surface area contributed by atoms with Crippen LogP contribution >= 0.6 is 23.1 Å². The SMILES string of the molecule is NC(=O)c1ccsc1NC(=O)CSc1nc2c(cnn2-c2ccccc2)c(=O)[nH]1. The molecule has 0 radical (unpaired) electrons. The standard InChI is InChI=1S/C18H14N6O3S2/c19-14(26)11-6-7-28-17(11)21-13(25)9-29-18-22-15-12(16(27)23-18)8-20-24(15)10-4-2-1-3-5-10/h1-8H,9H2,(H2,19,26)(H,21,25)(H,22,23,27). The molecule has 1 aromatic carbocycles. The van der Waals surface area contributed by atoms with Crippen molar-refractivity contribution in [3.05, 3.63) is 63.9 Å². The largest absolute Gasteiger partial charge is 0.366 e. The molecule has 0 aliphatic carbocycles. The maximum Gasteiger partial charge on any atom is 0.262 e. The maximum atomic E-state index is 12.4. The molecule has 0 unspecified atom stereocenters. The number of hydrogen-bond acceptors (Lipinski definition) is 7.